The van der Waals surface area contributed by atoms with E-state index in [-0.39, 0.29) is 41.7 Å². The van der Waals surface area contributed by atoms with Gasteiger partial charge >= 0.3 is 6.18 Å². The molecule has 1 aromatic heterocycles. The van der Waals surface area contributed by atoms with Gasteiger partial charge in [-0.3, -0.25) is 15.0 Å². The number of hydrogen-bond acceptors (Lipinski definition) is 5. The van der Waals surface area contributed by atoms with E-state index in [0.717, 1.165) is 35.8 Å². The van der Waals surface area contributed by atoms with Crippen molar-refractivity contribution < 1.29 is 27.2 Å². The zero-order valence-electron chi connectivity index (χ0n) is 20.7. The molecule has 2 aliphatic heterocycles. The van der Waals surface area contributed by atoms with Crippen molar-refractivity contribution in [1.82, 2.24) is 30.5 Å². The van der Waals surface area contributed by atoms with E-state index in [4.69, 9.17) is 0 Å². The number of carbonyl (C=O) groups excluding carboxylic acids is 2. The number of nitrogens with one attached hydrogen (secondary N) is 2. The van der Waals surface area contributed by atoms with E-state index >= 15 is 0 Å². The van der Waals surface area contributed by atoms with Gasteiger partial charge in [0.2, 0.25) is 11.7 Å². The van der Waals surface area contributed by atoms with Crippen LogP contribution in [0.3, 0.4) is 0 Å². The van der Waals surface area contributed by atoms with Crippen LogP contribution in [0.15, 0.2) is 18.2 Å². The third kappa shape index (κ3) is 4.60. The van der Waals surface area contributed by atoms with Gasteiger partial charge in [0.1, 0.15) is 5.82 Å². The van der Waals surface area contributed by atoms with Crippen molar-refractivity contribution in [1.29, 1.82) is 0 Å². The van der Waals surface area contributed by atoms with Gasteiger partial charge in [0.05, 0.1) is 17.6 Å². The number of fused-ring (bicyclic) bond motifs is 2. The first-order chi connectivity index (χ1) is 17.6. The van der Waals surface area contributed by atoms with E-state index in [1.165, 1.54) is 17.0 Å². The first-order valence-electron chi connectivity index (χ1n) is 12.8. The number of amides is 2. The molecule has 0 spiro atoms. The summed E-state index contributed by atoms with van der Waals surface area (Å²) in [6.45, 7) is 3.28. The average Bonchev–Trinajstić information content (AvgIpc) is 3.34. The predicted molar refractivity (Wildman–Crippen MR) is 124 cm³/mol. The number of nitrogens with zero attached hydrogens (tertiary/aromatic N) is 4. The van der Waals surface area contributed by atoms with Gasteiger partial charge in [-0.2, -0.15) is 13.2 Å². The van der Waals surface area contributed by atoms with Gasteiger partial charge in [0, 0.05) is 18.5 Å². The lowest BCUT2D eigenvalue weighted by Gasteiger charge is -2.41. The van der Waals surface area contributed by atoms with E-state index in [1.54, 1.807) is 19.9 Å². The van der Waals surface area contributed by atoms with Crippen molar-refractivity contribution in [2.75, 3.05) is 6.54 Å². The molecule has 12 heteroatoms. The topological polar surface area (TPSA) is 92.2 Å². The minimum absolute atomic E-state index is 0.00187. The number of hydrazine groups is 1. The van der Waals surface area contributed by atoms with Crippen molar-refractivity contribution in [3.8, 4) is 0 Å². The van der Waals surface area contributed by atoms with Gasteiger partial charge in [-0.15, -0.1) is 10.2 Å². The predicted octanol–water partition coefficient (Wildman–Crippen LogP) is 3.96. The third-order valence-corrected chi connectivity index (χ3v) is 8.09. The molecule has 5 unspecified atom stereocenters. The summed E-state index contributed by atoms with van der Waals surface area (Å²) in [7, 11) is 0. The van der Waals surface area contributed by atoms with Crippen molar-refractivity contribution in [3.05, 3.63) is 46.8 Å². The number of halogens is 4. The summed E-state index contributed by atoms with van der Waals surface area (Å²) < 4.78 is 56.5. The van der Waals surface area contributed by atoms with Crippen LogP contribution < -0.4 is 10.9 Å². The van der Waals surface area contributed by atoms with E-state index < -0.39 is 35.8 Å². The Morgan fingerprint density at radius 1 is 1.19 bits per heavy atom. The fraction of sp³-hybridized carbons (Fsp3) is 0.600. The van der Waals surface area contributed by atoms with Crippen LogP contribution in [-0.4, -0.2) is 44.1 Å². The second-order valence-electron chi connectivity index (χ2n) is 10.3. The molecule has 5 rings (SSSR count). The Bertz CT molecular complexity index is 1200. The number of carbonyl (C=O) groups is 2. The van der Waals surface area contributed by atoms with Crippen LogP contribution >= 0.6 is 0 Å². The summed E-state index contributed by atoms with van der Waals surface area (Å²) in [5.41, 5.74) is 6.45. The SMILES string of the molecule is CCC1CN(C(=O)c2cc(CC3NNC(=O)C4CCCCC34)ccc2F)C(C)c2nnc(C(F)(F)F)n21. The maximum Gasteiger partial charge on any atom is 0.451 e. The molecule has 2 aromatic rings. The second kappa shape index (κ2) is 9.70. The first kappa shape index (κ1) is 25.6. The summed E-state index contributed by atoms with van der Waals surface area (Å²) in [5.74, 6) is -2.25. The molecule has 200 valence electrons. The van der Waals surface area contributed by atoms with E-state index in [9.17, 15) is 27.2 Å². The highest BCUT2D eigenvalue weighted by Crippen LogP contribution is 2.39. The standard InChI is InChI=1S/C25H30F4N6O2/c1-3-15-12-34(13(2)21-31-33-24(35(15)21)25(27,28)29)23(37)18-10-14(8-9-19(18)26)11-20-16-6-4-5-7-17(16)22(36)32-30-20/h8-10,13,15-17,20,30H,3-7,11-12H2,1-2H3,(H,32,36). The minimum Gasteiger partial charge on any atom is -0.326 e. The Labute approximate surface area is 211 Å². The van der Waals surface area contributed by atoms with Crippen molar-refractivity contribution in [2.24, 2.45) is 11.8 Å². The Morgan fingerprint density at radius 2 is 1.95 bits per heavy atom. The maximum atomic E-state index is 14.9. The summed E-state index contributed by atoms with van der Waals surface area (Å²) >= 11 is 0. The van der Waals surface area contributed by atoms with Gasteiger partial charge in [-0.25, -0.2) is 9.82 Å². The molecule has 0 radical (unpaired) electrons. The summed E-state index contributed by atoms with van der Waals surface area (Å²) in [4.78, 5) is 27.2. The normalized spacial score (nSPS) is 27.9. The van der Waals surface area contributed by atoms with Crippen LogP contribution in [0.5, 0.6) is 0 Å². The molecule has 1 aliphatic carbocycles. The molecule has 37 heavy (non-hydrogen) atoms. The largest absolute Gasteiger partial charge is 0.451 e. The Morgan fingerprint density at radius 3 is 2.68 bits per heavy atom. The molecule has 2 fully saturated rings. The Kier molecular flexibility index (Phi) is 6.71. The summed E-state index contributed by atoms with van der Waals surface area (Å²) in [5, 5.41) is 7.11. The number of alkyl halides is 3. The molecule has 1 saturated heterocycles. The van der Waals surface area contributed by atoms with Gasteiger partial charge in [0.25, 0.3) is 5.91 Å². The van der Waals surface area contributed by atoms with Crippen LogP contribution in [0.4, 0.5) is 17.6 Å². The van der Waals surface area contributed by atoms with Crippen LogP contribution in [0.1, 0.15) is 85.6 Å². The van der Waals surface area contributed by atoms with Gasteiger partial charge in [-0.1, -0.05) is 25.8 Å². The zero-order valence-corrected chi connectivity index (χ0v) is 20.7. The molecular weight excluding hydrogens is 492 g/mol. The van der Waals surface area contributed by atoms with Crippen molar-refractivity contribution >= 4 is 11.8 Å². The van der Waals surface area contributed by atoms with Gasteiger partial charge in [-0.05, 0) is 56.2 Å². The molecule has 2 N–H and O–H groups in total. The second-order valence-corrected chi connectivity index (χ2v) is 10.3. The zero-order chi connectivity index (χ0) is 26.5. The molecule has 8 nitrogen and oxygen atoms in total. The number of aromatic nitrogens is 3. The lowest BCUT2D eigenvalue weighted by Crippen LogP contribution is -2.60. The fourth-order valence-electron chi connectivity index (χ4n) is 6.12. The fourth-order valence-corrected chi connectivity index (χ4v) is 6.12. The summed E-state index contributed by atoms with van der Waals surface area (Å²) in [6, 6.07) is 2.84. The molecule has 1 saturated carbocycles. The molecule has 3 heterocycles. The smallest absolute Gasteiger partial charge is 0.326 e. The molecule has 3 aliphatic rings. The van der Waals surface area contributed by atoms with Crippen molar-refractivity contribution in [2.45, 2.75) is 76.7 Å². The molecule has 0 bridgehead atoms. The van der Waals surface area contributed by atoms with E-state index in [1.807, 2.05) is 0 Å². The molecule has 5 atom stereocenters. The Hall–Kier alpha value is -3.02. The molecule has 1 aromatic carbocycles. The first-order valence-corrected chi connectivity index (χ1v) is 12.8. The number of rotatable bonds is 4. The van der Waals surface area contributed by atoms with Crippen LogP contribution in [-0.2, 0) is 17.4 Å². The summed E-state index contributed by atoms with van der Waals surface area (Å²) in [6.07, 6.45) is -0.0312. The minimum atomic E-state index is -4.67. The Balaban J connectivity index is 1.40. The average molecular weight is 523 g/mol. The van der Waals surface area contributed by atoms with Gasteiger partial charge in [0.15, 0.2) is 5.82 Å². The molecule has 2 amide bonds. The highest BCUT2D eigenvalue weighted by Gasteiger charge is 2.45. The van der Waals surface area contributed by atoms with Gasteiger partial charge < -0.3 is 9.47 Å². The van der Waals surface area contributed by atoms with E-state index in [0.29, 0.717) is 12.8 Å². The monoisotopic (exact) mass is 522 g/mol. The highest BCUT2D eigenvalue weighted by molar-refractivity contribution is 5.95. The van der Waals surface area contributed by atoms with Crippen LogP contribution in [0, 0.1) is 17.7 Å². The number of hydrogen-bond donors (Lipinski definition) is 2. The maximum absolute atomic E-state index is 14.9. The quantitative estimate of drug-likeness (QED) is 0.594. The number of benzene rings is 1. The van der Waals surface area contributed by atoms with Crippen molar-refractivity contribution in [3.63, 3.8) is 0 Å². The van der Waals surface area contributed by atoms with E-state index in [2.05, 4.69) is 21.0 Å². The highest BCUT2D eigenvalue weighted by atomic mass is 19.4. The molecular formula is C25H30F4N6O2. The van der Waals surface area contributed by atoms with Crippen LogP contribution in [0.2, 0.25) is 0 Å². The lowest BCUT2D eigenvalue weighted by atomic mass is 9.72. The van der Waals surface area contributed by atoms with Crippen LogP contribution in [0.25, 0.3) is 0 Å². The lowest BCUT2D eigenvalue weighted by molar-refractivity contribution is -0.148. The third-order valence-electron chi connectivity index (χ3n) is 8.09.